The Kier molecular flexibility index (Phi) is 4.40. The van der Waals surface area contributed by atoms with Gasteiger partial charge in [0.05, 0.1) is 0 Å². The second-order valence-corrected chi connectivity index (χ2v) is 5.38. The molecule has 2 heterocycles. The zero-order valence-electron chi connectivity index (χ0n) is 11.3. The third kappa shape index (κ3) is 3.12. The third-order valence-corrected chi connectivity index (χ3v) is 3.69. The molecule has 0 radical (unpaired) electrons. The molecule has 1 N–H and O–H groups in total. The first-order valence-corrected chi connectivity index (χ1v) is 7.06. The molecule has 4 nitrogen and oxygen atoms in total. The van der Waals surface area contributed by atoms with Gasteiger partial charge in [0.15, 0.2) is 0 Å². The monoisotopic (exact) mass is 268 g/mol. The van der Waals surface area contributed by atoms with E-state index in [2.05, 4.69) is 34.3 Å². The van der Waals surface area contributed by atoms with Gasteiger partial charge in [-0.1, -0.05) is 24.9 Å². The van der Waals surface area contributed by atoms with Crippen LogP contribution in [-0.2, 0) is 6.42 Å². The Morgan fingerprint density at radius 2 is 2.00 bits per heavy atom. The molecule has 2 rings (SSSR count). The predicted octanol–water partition coefficient (Wildman–Crippen LogP) is 3.28. The number of hydrazine groups is 1. The molecule has 1 fully saturated rings. The summed E-state index contributed by atoms with van der Waals surface area (Å²) in [5, 5.41) is 2.78. The van der Waals surface area contributed by atoms with Crippen LogP contribution in [0.5, 0.6) is 0 Å². The average Bonchev–Trinajstić information content (AvgIpc) is 2.33. The predicted molar refractivity (Wildman–Crippen MR) is 74.7 cm³/mol. The Balaban J connectivity index is 2.14. The molecule has 100 valence electrons. The summed E-state index contributed by atoms with van der Waals surface area (Å²) < 4.78 is 0. The standard InChI is InChI=1S/C13H21ClN4/c1-4-12-15-11(14)8-13(16-12)17-18-9(2)6-5-7-10(18)3/h8-10H,4-7H2,1-3H3,(H,15,16,17). The van der Waals surface area contributed by atoms with Gasteiger partial charge in [0.1, 0.15) is 16.8 Å². The number of aromatic nitrogens is 2. The van der Waals surface area contributed by atoms with Crippen molar-refractivity contribution in [1.29, 1.82) is 0 Å². The molecule has 0 aliphatic carbocycles. The number of piperidine rings is 1. The zero-order valence-corrected chi connectivity index (χ0v) is 12.0. The minimum atomic E-state index is 0.502. The lowest BCUT2D eigenvalue weighted by atomic mass is 10.00. The molecule has 0 saturated carbocycles. The Morgan fingerprint density at radius 1 is 1.33 bits per heavy atom. The number of aryl methyl sites for hydroxylation is 1. The number of rotatable bonds is 3. The summed E-state index contributed by atoms with van der Waals surface area (Å²) in [5.74, 6) is 1.58. The molecule has 0 spiro atoms. The van der Waals surface area contributed by atoms with Crippen LogP contribution in [0.4, 0.5) is 5.82 Å². The number of anilines is 1. The lowest BCUT2D eigenvalue weighted by Crippen LogP contribution is -2.47. The van der Waals surface area contributed by atoms with Crippen molar-refractivity contribution in [2.75, 3.05) is 5.43 Å². The van der Waals surface area contributed by atoms with Crippen LogP contribution in [-0.4, -0.2) is 27.1 Å². The maximum atomic E-state index is 6.01. The normalized spacial score (nSPS) is 25.1. The first-order chi connectivity index (χ1) is 8.60. The Morgan fingerprint density at radius 3 is 2.61 bits per heavy atom. The molecule has 0 amide bonds. The van der Waals surface area contributed by atoms with Crippen molar-refractivity contribution < 1.29 is 0 Å². The van der Waals surface area contributed by atoms with Crippen LogP contribution < -0.4 is 5.43 Å². The molecular formula is C13H21ClN4. The average molecular weight is 269 g/mol. The van der Waals surface area contributed by atoms with Gasteiger partial charge >= 0.3 is 0 Å². The molecule has 1 aromatic rings. The van der Waals surface area contributed by atoms with Crippen molar-refractivity contribution in [1.82, 2.24) is 15.0 Å². The van der Waals surface area contributed by atoms with Crippen molar-refractivity contribution >= 4 is 17.4 Å². The second-order valence-electron chi connectivity index (χ2n) is 4.99. The van der Waals surface area contributed by atoms with Gasteiger partial charge in [-0.25, -0.2) is 15.0 Å². The Hall–Kier alpha value is -0.870. The smallest absolute Gasteiger partial charge is 0.145 e. The van der Waals surface area contributed by atoms with Crippen LogP contribution in [0.15, 0.2) is 6.07 Å². The fraction of sp³-hybridized carbons (Fsp3) is 0.692. The third-order valence-electron chi connectivity index (χ3n) is 3.49. The molecule has 5 heteroatoms. The molecule has 1 aliphatic rings. The number of nitrogens with zero attached hydrogens (tertiary/aromatic N) is 3. The van der Waals surface area contributed by atoms with E-state index in [1.54, 1.807) is 6.07 Å². The summed E-state index contributed by atoms with van der Waals surface area (Å²) in [6.45, 7) is 6.51. The van der Waals surface area contributed by atoms with E-state index < -0.39 is 0 Å². The largest absolute Gasteiger partial charge is 0.302 e. The van der Waals surface area contributed by atoms with Crippen molar-refractivity contribution in [3.63, 3.8) is 0 Å². The van der Waals surface area contributed by atoms with Crippen molar-refractivity contribution in [3.8, 4) is 0 Å². The van der Waals surface area contributed by atoms with Crippen molar-refractivity contribution in [3.05, 3.63) is 17.0 Å². The van der Waals surface area contributed by atoms with Crippen LogP contribution in [0.2, 0.25) is 5.15 Å². The highest BCUT2D eigenvalue weighted by atomic mass is 35.5. The van der Waals surface area contributed by atoms with Gasteiger partial charge in [-0.05, 0) is 26.7 Å². The molecule has 0 aromatic carbocycles. The number of hydrogen-bond acceptors (Lipinski definition) is 4. The molecule has 1 saturated heterocycles. The fourth-order valence-electron chi connectivity index (χ4n) is 2.45. The van der Waals surface area contributed by atoms with E-state index >= 15 is 0 Å². The molecule has 0 bridgehead atoms. The molecule has 2 atom stereocenters. The van der Waals surface area contributed by atoms with E-state index in [1.807, 2.05) is 6.92 Å². The van der Waals surface area contributed by atoms with E-state index in [9.17, 15) is 0 Å². The number of halogens is 1. The van der Waals surface area contributed by atoms with Crippen LogP contribution in [0.1, 0.15) is 45.9 Å². The first-order valence-electron chi connectivity index (χ1n) is 6.68. The number of hydrogen-bond donors (Lipinski definition) is 1. The summed E-state index contributed by atoms with van der Waals surface area (Å²) in [7, 11) is 0. The second kappa shape index (κ2) is 5.85. The summed E-state index contributed by atoms with van der Waals surface area (Å²) in [4.78, 5) is 8.65. The van der Waals surface area contributed by atoms with Gasteiger partial charge < -0.3 is 5.43 Å². The van der Waals surface area contributed by atoms with Crippen LogP contribution in [0.25, 0.3) is 0 Å². The van der Waals surface area contributed by atoms with Gasteiger partial charge in [0.25, 0.3) is 0 Å². The molecule has 2 unspecified atom stereocenters. The maximum absolute atomic E-state index is 6.01. The van der Waals surface area contributed by atoms with E-state index in [4.69, 9.17) is 11.6 Å². The van der Waals surface area contributed by atoms with Gasteiger partial charge in [0.2, 0.25) is 0 Å². The molecule has 18 heavy (non-hydrogen) atoms. The Bertz CT molecular complexity index is 400. The van der Waals surface area contributed by atoms with Gasteiger partial charge in [0, 0.05) is 24.6 Å². The Labute approximate surface area is 114 Å². The maximum Gasteiger partial charge on any atom is 0.145 e. The highest BCUT2D eigenvalue weighted by molar-refractivity contribution is 6.29. The molecule has 1 aromatic heterocycles. The van der Waals surface area contributed by atoms with E-state index in [0.717, 1.165) is 18.1 Å². The fourth-order valence-corrected chi connectivity index (χ4v) is 2.65. The molecular weight excluding hydrogens is 248 g/mol. The number of nitrogens with one attached hydrogen (secondary N) is 1. The van der Waals surface area contributed by atoms with E-state index in [-0.39, 0.29) is 0 Å². The highest BCUT2D eigenvalue weighted by Gasteiger charge is 2.25. The summed E-state index contributed by atoms with van der Waals surface area (Å²) in [6, 6.07) is 2.83. The lowest BCUT2D eigenvalue weighted by molar-refractivity contribution is 0.135. The topological polar surface area (TPSA) is 41.1 Å². The van der Waals surface area contributed by atoms with Gasteiger partial charge in [-0.15, -0.1) is 0 Å². The summed E-state index contributed by atoms with van der Waals surface area (Å²) in [6.07, 6.45) is 4.53. The summed E-state index contributed by atoms with van der Waals surface area (Å²) >= 11 is 6.01. The van der Waals surface area contributed by atoms with Crippen LogP contribution >= 0.6 is 11.6 Å². The van der Waals surface area contributed by atoms with Crippen LogP contribution in [0.3, 0.4) is 0 Å². The minimum Gasteiger partial charge on any atom is -0.302 e. The zero-order chi connectivity index (χ0) is 13.1. The highest BCUT2D eigenvalue weighted by Crippen LogP contribution is 2.23. The first kappa shape index (κ1) is 13.6. The molecule has 1 aliphatic heterocycles. The van der Waals surface area contributed by atoms with Crippen molar-refractivity contribution in [2.24, 2.45) is 0 Å². The lowest BCUT2D eigenvalue weighted by Gasteiger charge is -2.39. The summed E-state index contributed by atoms with van der Waals surface area (Å²) in [5.41, 5.74) is 3.39. The van der Waals surface area contributed by atoms with Crippen LogP contribution in [0, 0.1) is 0 Å². The van der Waals surface area contributed by atoms with E-state index in [0.29, 0.717) is 17.2 Å². The SMILES string of the molecule is CCc1nc(Cl)cc(NN2C(C)CCCC2C)n1. The van der Waals surface area contributed by atoms with Gasteiger partial charge in [-0.2, -0.15) is 0 Å². The van der Waals surface area contributed by atoms with E-state index in [1.165, 1.54) is 19.3 Å². The minimum absolute atomic E-state index is 0.502. The van der Waals surface area contributed by atoms with Crippen molar-refractivity contribution in [2.45, 2.75) is 58.5 Å². The quantitative estimate of drug-likeness (QED) is 0.854. The van der Waals surface area contributed by atoms with Gasteiger partial charge in [-0.3, -0.25) is 0 Å².